The van der Waals surface area contributed by atoms with Crippen LogP contribution in [0, 0.1) is 5.82 Å². The SMILES string of the molecule is CS(=O)(=O)NCC(=O)N1CCC(c2ccccc2)(c2cn3cc(F)ccc3n2)CC1. The maximum absolute atomic E-state index is 13.7. The van der Waals surface area contributed by atoms with Gasteiger partial charge in [-0.1, -0.05) is 30.3 Å². The topological polar surface area (TPSA) is 83.8 Å². The fourth-order valence-corrected chi connectivity index (χ4v) is 4.47. The summed E-state index contributed by atoms with van der Waals surface area (Å²) in [6.45, 7) is 0.702. The number of carbonyl (C=O) groups is 1. The average molecular weight is 431 g/mol. The van der Waals surface area contributed by atoms with Crippen LogP contribution in [0.25, 0.3) is 5.65 Å². The molecule has 0 bridgehead atoms. The summed E-state index contributed by atoms with van der Waals surface area (Å²) in [6, 6.07) is 13.0. The Kier molecular flexibility index (Phi) is 5.33. The molecule has 0 spiro atoms. The molecule has 2 aromatic heterocycles. The van der Waals surface area contributed by atoms with Crippen molar-refractivity contribution in [1.29, 1.82) is 0 Å². The Morgan fingerprint density at radius 1 is 1.13 bits per heavy atom. The summed E-state index contributed by atoms with van der Waals surface area (Å²) in [5, 5.41) is 0. The van der Waals surface area contributed by atoms with Crippen molar-refractivity contribution in [2.75, 3.05) is 25.9 Å². The molecule has 1 aromatic carbocycles. The number of hydrogen-bond acceptors (Lipinski definition) is 4. The van der Waals surface area contributed by atoms with Crippen molar-refractivity contribution >= 4 is 21.6 Å². The fourth-order valence-electron chi connectivity index (χ4n) is 4.09. The van der Waals surface area contributed by atoms with Gasteiger partial charge >= 0.3 is 0 Å². The Hall–Kier alpha value is -2.78. The summed E-state index contributed by atoms with van der Waals surface area (Å²) in [5.41, 5.74) is 2.18. The lowest BCUT2D eigenvalue weighted by Gasteiger charge is -2.41. The molecule has 9 heteroatoms. The summed E-state index contributed by atoms with van der Waals surface area (Å²) >= 11 is 0. The minimum Gasteiger partial charge on any atom is -0.341 e. The third-order valence-electron chi connectivity index (χ3n) is 5.69. The Morgan fingerprint density at radius 3 is 2.50 bits per heavy atom. The first-order chi connectivity index (χ1) is 14.3. The number of aromatic nitrogens is 2. The second-order valence-corrected chi connectivity index (χ2v) is 9.49. The molecule has 0 atom stereocenters. The van der Waals surface area contributed by atoms with Crippen LogP contribution in [0.5, 0.6) is 0 Å². The Balaban J connectivity index is 1.63. The number of fused-ring (bicyclic) bond motifs is 1. The molecular weight excluding hydrogens is 407 g/mol. The lowest BCUT2D eigenvalue weighted by Crippen LogP contribution is -2.48. The lowest BCUT2D eigenvalue weighted by molar-refractivity contribution is -0.131. The van der Waals surface area contributed by atoms with E-state index in [-0.39, 0.29) is 18.3 Å². The number of nitrogens with one attached hydrogen (secondary N) is 1. The number of amides is 1. The van der Waals surface area contributed by atoms with Gasteiger partial charge in [0.05, 0.1) is 18.5 Å². The maximum atomic E-state index is 13.7. The zero-order valence-corrected chi connectivity index (χ0v) is 17.4. The molecule has 0 aliphatic carbocycles. The Morgan fingerprint density at radius 2 is 1.83 bits per heavy atom. The second-order valence-electron chi connectivity index (χ2n) is 7.66. The second kappa shape index (κ2) is 7.81. The minimum atomic E-state index is -3.43. The monoisotopic (exact) mass is 430 g/mol. The first kappa shape index (κ1) is 20.5. The van der Waals surface area contributed by atoms with Gasteiger partial charge in [0.25, 0.3) is 0 Å². The van der Waals surface area contributed by atoms with Crippen molar-refractivity contribution in [1.82, 2.24) is 19.0 Å². The first-order valence-corrected chi connectivity index (χ1v) is 11.6. The molecule has 3 heterocycles. The van der Waals surface area contributed by atoms with E-state index < -0.39 is 15.4 Å². The van der Waals surface area contributed by atoms with Gasteiger partial charge in [0.15, 0.2) is 0 Å². The number of likely N-dealkylation sites (tertiary alicyclic amines) is 1. The van der Waals surface area contributed by atoms with Gasteiger partial charge in [0.2, 0.25) is 15.9 Å². The van der Waals surface area contributed by atoms with E-state index in [1.54, 1.807) is 15.4 Å². The van der Waals surface area contributed by atoms with Crippen LogP contribution in [0.15, 0.2) is 54.9 Å². The molecule has 1 fully saturated rings. The van der Waals surface area contributed by atoms with E-state index in [9.17, 15) is 17.6 Å². The molecule has 4 rings (SSSR count). The largest absolute Gasteiger partial charge is 0.341 e. The number of carbonyl (C=O) groups excluding carboxylic acids is 1. The molecule has 1 amide bonds. The van der Waals surface area contributed by atoms with Crippen molar-refractivity contribution in [3.63, 3.8) is 0 Å². The van der Waals surface area contributed by atoms with Crippen LogP contribution in [0.1, 0.15) is 24.1 Å². The summed E-state index contributed by atoms with van der Waals surface area (Å²) in [6.07, 6.45) is 5.55. The van der Waals surface area contributed by atoms with Gasteiger partial charge < -0.3 is 9.30 Å². The van der Waals surface area contributed by atoms with E-state index in [0.717, 1.165) is 17.5 Å². The lowest BCUT2D eigenvalue weighted by atomic mass is 9.70. The third-order valence-corrected chi connectivity index (χ3v) is 6.36. The number of hydrogen-bond donors (Lipinski definition) is 1. The van der Waals surface area contributed by atoms with Gasteiger partial charge in [-0.15, -0.1) is 0 Å². The molecule has 1 aliphatic heterocycles. The standard InChI is InChI=1S/C21H23FN4O3S/c1-30(28,29)23-13-20(27)25-11-9-21(10-12-25,16-5-3-2-4-6-16)18-15-26-14-17(22)7-8-19(26)24-18/h2-8,14-15,23H,9-13H2,1H3. The molecular formula is C21H23FN4O3S. The van der Waals surface area contributed by atoms with Crippen molar-refractivity contribution < 1.29 is 17.6 Å². The van der Waals surface area contributed by atoms with Crippen LogP contribution in [0.2, 0.25) is 0 Å². The summed E-state index contributed by atoms with van der Waals surface area (Å²) in [4.78, 5) is 18.9. The summed E-state index contributed by atoms with van der Waals surface area (Å²) in [5.74, 6) is -0.585. The van der Waals surface area contributed by atoms with Crippen LogP contribution in [-0.2, 0) is 20.2 Å². The van der Waals surface area contributed by atoms with E-state index >= 15 is 0 Å². The molecule has 0 saturated carbocycles. The average Bonchev–Trinajstić information content (AvgIpc) is 3.16. The summed E-state index contributed by atoms with van der Waals surface area (Å²) in [7, 11) is -3.43. The maximum Gasteiger partial charge on any atom is 0.237 e. The van der Waals surface area contributed by atoms with Crippen LogP contribution < -0.4 is 4.72 Å². The van der Waals surface area contributed by atoms with Crippen molar-refractivity contribution in [2.45, 2.75) is 18.3 Å². The van der Waals surface area contributed by atoms with Gasteiger partial charge in [-0.3, -0.25) is 4.79 Å². The molecule has 158 valence electrons. The quantitative estimate of drug-likeness (QED) is 0.671. The smallest absolute Gasteiger partial charge is 0.237 e. The van der Waals surface area contributed by atoms with Gasteiger partial charge in [-0.25, -0.2) is 22.5 Å². The van der Waals surface area contributed by atoms with E-state index in [2.05, 4.69) is 4.72 Å². The zero-order chi connectivity index (χ0) is 21.4. The van der Waals surface area contributed by atoms with Crippen molar-refractivity contribution in [3.05, 3.63) is 71.9 Å². The van der Waals surface area contributed by atoms with Crippen LogP contribution >= 0.6 is 0 Å². The van der Waals surface area contributed by atoms with Crippen LogP contribution in [-0.4, -0.2) is 54.5 Å². The minimum absolute atomic E-state index is 0.245. The third kappa shape index (κ3) is 4.08. The zero-order valence-electron chi connectivity index (χ0n) is 16.6. The molecule has 3 aromatic rings. The van der Waals surface area contributed by atoms with E-state index in [1.165, 1.54) is 12.3 Å². The van der Waals surface area contributed by atoms with Crippen LogP contribution in [0.4, 0.5) is 4.39 Å². The highest BCUT2D eigenvalue weighted by Gasteiger charge is 2.40. The first-order valence-electron chi connectivity index (χ1n) is 9.70. The van der Waals surface area contributed by atoms with Crippen molar-refractivity contribution in [2.24, 2.45) is 0 Å². The van der Waals surface area contributed by atoms with E-state index in [0.29, 0.717) is 31.6 Å². The van der Waals surface area contributed by atoms with Gasteiger partial charge in [-0.05, 0) is 30.5 Å². The van der Waals surface area contributed by atoms with Crippen molar-refractivity contribution in [3.8, 4) is 0 Å². The number of piperidine rings is 1. The molecule has 30 heavy (non-hydrogen) atoms. The fraction of sp³-hybridized carbons (Fsp3) is 0.333. The van der Waals surface area contributed by atoms with Gasteiger partial charge in [0, 0.05) is 30.9 Å². The van der Waals surface area contributed by atoms with E-state index in [4.69, 9.17) is 4.98 Å². The molecule has 1 N–H and O–H groups in total. The predicted molar refractivity (Wildman–Crippen MR) is 111 cm³/mol. The van der Waals surface area contributed by atoms with E-state index in [1.807, 2.05) is 36.5 Å². The molecule has 7 nitrogen and oxygen atoms in total. The van der Waals surface area contributed by atoms with Gasteiger partial charge in [0.1, 0.15) is 11.5 Å². The highest BCUT2D eigenvalue weighted by Crippen LogP contribution is 2.41. The highest BCUT2D eigenvalue weighted by atomic mass is 32.2. The number of nitrogens with zero attached hydrogens (tertiary/aromatic N) is 3. The molecule has 1 aliphatic rings. The Labute approximate surface area is 174 Å². The number of benzene rings is 1. The number of sulfonamides is 1. The number of pyridine rings is 1. The normalized spacial score (nSPS) is 16.7. The van der Waals surface area contributed by atoms with Crippen LogP contribution in [0.3, 0.4) is 0 Å². The molecule has 0 radical (unpaired) electrons. The molecule has 1 saturated heterocycles. The highest BCUT2D eigenvalue weighted by molar-refractivity contribution is 7.88. The summed E-state index contributed by atoms with van der Waals surface area (Å²) < 4.78 is 40.2. The Bertz CT molecular complexity index is 1170. The molecule has 0 unspecified atom stereocenters. The van der Waals surface area contributed by atoms with Gasteiger partial charge in [-0.2, -0.15) is 0 Å². The predicted octanol–water partition coefficient (Wildman–Crippen LogP) is 1.93. The number of imidazole rings is 1. The number of halogens is 1. The number of rotatable bonds is 5.